The maximum atomic E-state index is 10.9. The number of likely N-dealkylation sites (tertiary alicyclic amines) is 1. The van der Waals surface area contributed by atoms with Gasteiger partial charge < -0.3 is 4.90 Å². The zero-order valence-electron chi connectivity index (χ0n) is 12.4. The number of nitrogens with one attached hydrogen (secondary N) is 1. The van der Waals surface area contributed by atoms with E-state index < -0.39 is 10.2 Å². The molecule has 0 aromatic heterocycles. The first-order valence-corrected chi connectivity index (χ1v) is 8.67. The van der Waals surface area contributed by atoms with E-state index in [4.69, 9.17) is 10.4 Å². The minimum atomic E-state index is -3.59. The lowest BCUT2D eigenvalue weighted by atomic mass is 9.89. The lowest BCUT2D eigenvalue weighted by Crippen LogP contribution is -2.42. The highest BCUT2D eigenvalue weighted by Crippen LogP contribution is 2.22. The summed E-state index contributed by atoms with van der Waals surface area (Å²) in [6.07, 6.45) is 4.00. The third kappa shape index (κ3) is 7.20. The summed E-state index contributed by atoms with van der Waals surface area (Å²) in [5, 5.41) is 13.9. The summed E-state index contributed by atoms with van der Waals surface area (Å²) >= 11 is 0. The Labute approximate surface area is 122 Å². The van der Waals surface area contributed by atoms with Crippen LogP contribution in [0.25, 0.3) is 0 Å². The molecule has 0 amide bonds. The van der Waals surface area contributed by atoms with Crippen molar-refractivity contribution in [2.45, 2.75) is 39.5 Å². The second-order valence-electron chi connectivity index (χ2n) is 6.30. The smallest absolute Gasteiger partial charge is 0.274 e. The van der Waals surface area contributed by atoms with Crippen LogP contribution in [-0.4, -0.2) is 39.5 Å². The molecule has 0 spiro atoms. The van der Waals surface area contributed by atoms with Gasteiger partial charge in [-0.05, 0) is 58.5 Å². The van der Waals surface area contributed by atoms with Crippen LogP contribution < -0.4 is 9.86 Å². The van der Waals surface area contributed by atoms with Gasteiger partial charge >= 0.3 is 0 Å². The van der Waals surface area contributed by atoms with E-state index in [2.05, 4.69) is 15.7 Å². The summed E-state index contributed by atoms with van der Waals surface area (Å²) in [7, 11) is -3.59. The number of hydrogen-bond donors (Lipinski definition) is 2. The van der Waals surface area contributed by atoms with Crippen LogP contribution in [-0.2, 0) is 10.2 Å². The largest absolute Gasteiger partial charge is 0.303 e. The molecule has 1 aliphatic rings. The molecule has 0 saturated carbocycles. The predicted octanol–water partition coefficient (Wildman–Crippen LogP) is 0.821. The van der Waals surface area contributed by atoms with E-state index in [0.29, 0.717) is 12.5 Å². The van der Waals surface area contributed by atoms with Gasteiger partial charge in [-0.1, -0.05) is 0 Å². The maximum absolute atomic E-state index is 10.9. The first-order chi connectivity index (χ1) is 9.22. The quantitative estimate of drug-likeness (QED) is 0.727. The van der Waals surface area contributed by atoms with Crippen LogP contribution in [0.1, 0.15) is 39.5 Å². The summed E-state index contributed by atoms with van der Waals surface area (Å²) in [6, 6.07) is 2.32. The third-order valence-corrected chi connectivity index (χ3v) is 4.32. The van der Waals surface area contributed by atoms with Gasteiger partial charge in [0, 0.05) is 13.1 Å². The molecule has 1 saturated heterocycles. The average molecular weight is 302 g/mol. The van der Waals surface area contributed by atoms with Gasteiger partial charge in [-0.2, -0.15) is 13.7 Å². The number of rotatable bonds is 7. The van der Waals surface area contributed by atoms with Crippen molar-refractivity contribution in [1.29, 1.82) is 5.26 Å². The van der Waals surface area contributed by atoms with E-state index in [1.807, 2.05) is 13.8 Å². The van der Waals surface area contributed by atoms with Crippen LogP contribution in [0.2, 0.25) is 0 Å². The van der Waals surface area contributed by atoms with E-state index in [0.717, 1.165) is 45.3 Å². The van der Waals surface area contributed by atoms with Crippen molar-refractivity contribution in [1.82, 2.24) is 9.62 Å². The van der Waals surface area contributed by atoms with Crippen molar-refractivity contribution in [3.8, 4) is 6.07 Å². The van der Waals surface area contributed by atoms with E-state index in [1.54, 1.807) is 0 Å². The first kappa shape index (κ1) is 17.4. The highest BCUT2D eigenvalue weighted by molar-refractivity contribution is 7.87. The van der Waals surface area contributed by atoms with Crippen molar-refractivity contribution in [2.24, 2.45) is 16.5 Å². The van der Waals surface area contributed by atoms with Gasteiger partial charge in [0.15, 0.2) is 0 Å². The van der Waals surface area contributed by atoms with Gasteiger partial charge in [0.05, 0.1) is 11.5 Å². The first-order valence-electron chi connectivity index (χ1n) is 7.13. The highest BCUT2D eigenvalue weighted by atomic mass is 32.2. The Bertz CT molecular complexity index is 442. The van der Waals surface area contributed by atoms with Gasteiger partial charge in [-0.15, -0.1) is 0 Å². The maximum Gasteiger partial charge on any atom is 0.274 e. The molecule has 1 atom stereocenters. The van der Waals surface area contributed by atoms with Crippen LogP contribution in [0.4, 0.5) is 0 Å². The summed E-state index contributed by atoms with van der Waals surface area (Å²) in [6.45, 7) is 7.26. The Morgan fingerprint density at radius 2 is 2.20 bits per heavy atom. The molecule has 7 heteroatoms. The van der Waals surface area contributed by atoms with Gasteiger partial charge in [-0.25, -0.2) is 9.86 Å². The number of nitrogens with zero attached hydrogens (tertiary/aromatic N) is 2. The zero-order chi connectivity index (χ0) is 15.2. The molecule has 0 bridgehead atoms. The van der Waals surface area contributed by atoms with Gasteiger partial charge in [0.2, 0.25) is 0 Å². The fraction of sp³-hybridized carbons (Fsp3) is 0.923. The molecule has 0 aromatic carbocycles. The summed E-state index contributed by atoms with van der Waals surface area (Å²) in [5.74, 6) is 0.325. The van der Waals surface area contributed by atoms with Crippen molar-refractivity contribution < 1.29 is 8.42 Å². The monoisotopic (exact) mass is 302 g/mol. The standard InChI is InChI=1S/C13H26N4O2S/c1-13(2,11-14)6-4-8-17-7-3-5-12(10-17)9-16-20(15,18)19/h12,16H,3-10H2,1-2H3,(H2,15,18,19)/t12-/m1/s1. The molecule has 0 radical (unpaired) electrons. The van der Waals surface area contributed by atoms with Crippen LogP contribution in [0.5, 0.6) is 0 Å². The lowest BCUT2D eigenvalue weighted by molar-refractivity contribution is 0.169. The Kier molecular flexibility index (Phi) is 6.40. The average Bonchev–Trinajstić information content (AvgIpc) is 2.36. The Morgan fingerprint density at radius 1 is 1.50 bits per heavy atom. The molecule has 20 heavy (non-hydrogen) atoms. The molecule has 116 valence electrons. The van der Waals surface area contributed by atoms with E-state index in [9.17, 15) is 8.42 Å². The van der Waals surface area contributed by atoms with Crippen molar-refractivity contribution in [3.63, 3.8) is 0 Å². The van der Waals surface area contributed by atoms with Gasteiger partial charge in [-0.3, -0.25) is 0 Å². The molecule has 3 N–H and O–H groups in total. The van der Waals surface area contributed by atoms with Gasteiger partial charge in [0.25, 0.3) is 10.2 Å². The van der Waals surface area contributed by atoms with Crippen molar-refractivity contribution in [3.05, 3.63) is 0 Å². The highest BCUT2D eigenvalue weighted by Gasteiger charge is 2.22. The van der Waals surface area contributed by atoms with E-state index >= 15 is 0 Å². The van der Waals surface area contributed by atoms with E-state index in [1.165, 1.54) is 0 Å². The molecular formula is C13H26N4O2S. The van der Waals surface area contributed by atoms with E-state index in [-0.39, 0.29) is 5.41 Å². The third-order valence-electron chi connectivity index (χ3n) is 3.76. The number of hydrogen-bond acceptors (Lipinski definition) is 4. The minimum absolute atomic E-state index is 0.260. The Hall–Kier alpha value is -0.680. The molecular weight excluding hydrogens is 276 g/mol. The van der Waals surface area contributed by atoms with Crippen LogP contribution >= 0.6 is 0 Å². The molecule has 1 aliphatic heterocycles. The topological polar surface area (TPSA) is 99.2 Å². The number of piperidine rings is 1. The second-order valence-corrected chi connectivity index (χ2v) is 7.68. The molecule has 0 aromatic rings. The number of nitrogens with two attached hydrogens (primary N) is 1. The number of nitriles is 1. The SMILES string of the molecule is CC(C)(C#N)CCCN1CCC[C@H](CNS(N)(=O)=O)C1. The Morgan fingerprint density at radius 3 is 2.80 bits per heavy atom. The van der Waals surface area contributed by atoms with Crippen LogP contribution in [0, 0.1) is 22.7 Å². The summed E-state index contributed by atoms with van der Waals surface area (Å²) < 4.78 is 24.2. The Balaban J connectivity index is 2.29. The van der Waals surface area contributed by atoms with Crippen molar-refractivity contribution >= 4 is 10.2 Å². The molecule has 0 aliphatic carbocycles. The molecule has 1 heterocycles. The lowest BCUT2D eigenvalue weighted by Gasteiger charge is -2.33. The fourth-order valence-electron chi connectivity index (χ4n) is 2.56. The fourth-order valence-corrected chi connectivity index (χ4v) is 3.02. The zero-order valence-corrected chi connectivity index (χ0v) is 13.2. The molecule has 0 unspecified atom stereocenters. The summed E-state index contributed by atoms with van der Waals surface area (Å²) in [4.78, 5) is 2.35. The molecule has 1 rings (SSSR count). The molecule has 6 nitrogen and oxygen atoms in total. The van der Waals surface area contributed by atoms with Gasteiger partial charge in [0.1, 0.15) is 0 Å². The second kappa shape index (κ2) is 7.36. The van der Waals surface area contributed by atoms with Crippen molar-refractivity contribution in [2.75, 3.05) is 26.2 Å². The van der Waals surface area contributed by atoms with Crippen LogP contribution in [0.15, 0.2) is 0 Å². The minimum Gasteiger partial charge on any atom is -0.303 e. The summed E-state index contributed by atoms with van der Waals surface area (Å²) in [5.41, 5.74) is -0.260. The predicted molar refractivity (Wildman–Crippen MR) is 78.9 cm³/mol. The van der Waals surface area contributed by atoms with Crippen LogP contribution in [0.3, 0.4) is 0 Å². The normalized spacial score (nSPS) is 21.6. The molecule has 1 fully saturated rings.